The summed E-state index contributed by atoms with van der Waals surface area (Å²) in [4.78, 5) is 24.2. The van der Waals surface area contributed by atoms with E-state index in [4.69, 9.17) is 16.6 Å². The van der Waals surface area contributed by atoms with Crippen molar-refractivity contribution in [2.75, 3.05) is 13.1 Å². The van der Waals surface area contributed by atoms with Crippen LogP contribution in [0.3, 0.4) is 0 Å². The number of carbonyl (C=O) groups is 1. The third-order valence-corrected chi connectivity index (χ3v) is 6.81. The third-order valence-electron chi connectivity index (χ3n) is 5.37. The molecule has 1 fully saturated rings. The van der Waals surface area contributed by atoms with Crippen LogP contribution in [0.4, 0.5) is 0 Å². The molecule has 0 aliphatic carbocycles. The molecule has 0 atom stereocenters. The molecule has 0 radical (unpaired) electrons. The summed E-state index contributed by atoms with van der Waals surface area (Å²) in [5.74, 6) is 0.488. The number of rotatable bonds is 2. The van der Waals surface area contributed by atoms with Gasteiger partial charge in [0.2, 0.25) is 0 Å². The van der Waals surface area contributed by atoms with Crippen molar-refractivity contribution < 1.29 is 4.79 Å². The lowest BCUT2D eigenvalue weighted by atomic mass is 9.96. The van der Waals surface area contributed by atoms with Gasteiger partial charge in [-0.3, -0.25) is 9.78 Å². The summed E-state index contributed by atoms with van der Waals surface area (Å²) in [7, 11) is 0. The molecule has 5 rings (SSSR count). The second-order valence-corrected chi connectivity index (χ2v) is 8.60. The van der Waals surface area contributed by atoms with Crippen molar-refractivity contribution in [2.24, 2.45) is 0 Å². The highest BCUT2D eigenvalue weighted by molar-refractivity contribution is 7.18. The molecule has 6 heteroatoms. The summed E-state index contributed by atoms with van der Waals surface area (Å²) in [5.41, 5.74) is 2.56. The van der Waals surface area contributed by atoms with Crippen LogP contribution < -0.4 is 0 Å². The zero-order valence-electron chi connectivity index (χ0n) is 15.1. The highest BCUT2D eigenvalue weighted by atomic mass is 35.5. The van der Waals surface area contributed by atoms with Crippen LogP contribution in [0, 0.1) is 0 Å². The molecular formula is C22H18ClN3OS. The van der Waals surface area contributed by atoms with E-state index in [1.54, 1.807) is 17.5 Å². The molecule has 0 spiro atoms. The molecule has 0 N–H and O–H groups in total. The van der Waals surface area contributed by atoms with E-state index in [1.807, 2.05) is 53.4 Å². The smallest absolute Gasteiger partial charge is 0.254 e. The van der Waals surface area contributed by atoms with E-state index in [2.05, 4.69) is 4.98 Å². The number of nitrogens with zero attached hydrogens (tertiary/aromatic N) is 3. The van der Waals surface area contributed by atoms with E-state index < -0.39 is 0 Å². The number of benzene rings is 2. The molecule has 1 amide bonds. The second kappa shape index (κ2) is 7.15. The fourth-order valence-corrected chi connectivity index (χ4v) is 5.17. The van der Waals surface area contributed by atoms with E-state index in [-0.39, 0.29) is 5.91 Å². The van der Waals surface area contributed by atoms with Gasteiger partial charge in [-0.05, 0) is 49.2 Å². The minimum absolute atomic E-state index is 0.0909. The minimum Gasteiger partial charge on any atom is -0.339 e. The van der Waals surface area contributed by atoms with E-state index >= 15 is 0 Å². The number of carbonyl (C=O) groups excluding carboxylic acids is 1. The summed E-state index contributed by atoms with van der Waals surface area (Å²) >= 11 is 7.82. The first kappa shape index (κ1) is 17.6. The zero-order valence-corrected chi connectivity index (χ0v) is 16.7. The van der Waals surface area contributed by atoms with E-state index in [0.717, 1.165) is 52.9 Å². The van der Waals surface area contributed by atoms with Crippen LogP contribution in [0.1, 0.15) is 34.1 Å². The molecule has 2 aromatic carbocycles. The maximum atomic E-state index is 13.1. The number of halogens is 1. The summed E-state index contributed by atoms with van der Waals surface area (Å²) in [5, 5.41) is 2.79. The molecule has 3 heterocycles. The number of thiazole rings is 1. The molecule has 0 unspecified atom stereocenters. The highest BCUT2D eigenvalue weighted by Gasteiger charge is 2.27. The first-order valence-electron chi connectivity index (χ1n) is 9.38. The van der Waals surface area contributed by atoms with Gasteiger partial charge in [-0.25, -0.2) is 4.98 Å². The van der Waals surface area contributed by atoms with Crippen molar-refractivity contribution in [1.82, 2.24) is 14.9 Å². The van der Waals surface area contributed by atoms with Gasteiger partial charge in [-0.2, -0.15) is 0 Å². The Hall–Kier alpha value is -2.50. The van der Waals surface area contributed by atoms with Gasteiger partial charge in [-0.1, -0.05) is 23.7 Å². The molecule has 4 nitrogen and oxygen atoms in total. The maximum absolute atomic E-state index is 13.1. The summed E-state index contributed by atoms with van der Waals surface area (Å²) < 4.78 is 1.17. The molecule has 4 aromatic rings. The Bertz CT molecular complexity index is 1180. The highest BCUT2D eigenvalue weighted by Crippen LogP contribution is 2.35. The number of aromatic nitrogens is 2. The van der Waals surface area contributed by atoms with Gasteiger partial charge in [0.25, 0.3) is 5.91 Å². The number of piperidine rings is 1. The van der Waals surface area contributed by atoms with Gasteiger partial charge in [0.15, 0.2) is 0 Å². The van der Waals surface area contributed by atoms with Gasteiger partial charge in [0, 0.05) is 41.2 Å². The van der Waals surface area contributed by atoms with Crippen LogP contribution in [-0.2, 0) is 0 Å². The van der Waals surface area contributed by atoms with Gasteiger partial charge in [0.1, 0.15) is 0 Å². The molecule has 2 aromatic heterocycles. The molecule has 0 saturated carbocycles. The maximum Gasteiger partial charge on any atom is 0.254 e. The number of likely N-dealkylation sites (tertiary alicyclic amines) is 1. The minimum atomic E-state index is 0.0909. The van der Waals surface area contributed by atoms with E-state index in [1.165, 1.54) is 4.70 Å². The summed E-state index contributed by atoms with van der Waals surface area (Å²) in [6, 6.07) is 15.5. The quantitative estimate of drug-likeness (QED) is 0.439. The average molecular weight is 408 g/mol. The van der Waals surface area contributed by atoms with Crippen molar-refractivity contribution in [2.45, 2.75) is 18.8 Å². The number of fused-ring (bicyclic) bond motifs is 2. The van der Waals surface area contributed by atoms with Crippen molar-refractivity contribution in [1.29, 1.82) is 0 Å². The Labute approximate surface area is 171 Å². The first-order valence-corrected chi connectivity index (χ1v) is 10.6. The Kier molecular flexibility index (Phi) is 4.49. The monoisotopic (exact) mass is 407 g/mol. The standard InChI is InChI=1S/C22H18ClN3OS/c23-15-6-7-20-19(13-15)25-21(28-20)14-8-11-26(12-9-14)22(27)17-3-1-5-18-16(17)4-2-10-24-18/h1-7,10,13-14H,8-9,11-12H2. The van der Waals surface area contributed by atoms with Crippen LogP contribution in [0.2, 0.25) is 5.02 Å². The summed E-state index contributed by atoms with van der Waals surface area (Å²) in [6.45, 7) is 1.49. The molecule has 1 aliphatic rings. The van der Waals surface area contributed by atoms with E-state index in [0.29, 0.717) is 10.9 Å². The first-order chi connectivity index (χ1) is 13.7. The number of amides is 1. The van der Waals surface area contributed by atoms with Crippen LogP contribution in [0.5, 0.6) is 0 Å². The predicted molar refractivity (Wildman–Crippen MR) is 114 cm³/mol. The van der Waals surface area contributed by atoms with Crippen molar-refractivity contribution >= 4 is 50.0 Å². The fraction of sp³-hybridized carbons (Fsp3) is 0.227. The molecular weight excluding hydrogens is 390 g/mol. The molecule has 28 heavy (non-hydrogen) atoms. The lowest BCUT2D eigenvalue weighted by Crippen LogP contribution is -2.38. The largest absolute Gasteiger partial charge is 0.339 e. The Balaban J connectivity index is 1.34. The SMILES string of the molecule is O=C(c1cccc2ncccc12)N1CCC(c2nc3cc(Cl)ccc3s2)CC1. The fourth-order valence-electron chi connectivity index (χ4n) is 3.88. The zero-order chi connectivity index (χ0) is 19.1. The Morgan fingerprint density at radius 2 is 1.93 bits per heavy atom. The lowest BCUT2D eigenvalue weighted by molar-refractivity contribution is 0.0715. The normalized spacial score (nSPS) is 15.4. The van der Waals surface area contributed by atoms with Crippen molar-refractivity contribution in [3.63, 3.8) is 0 Å². The molecule has 1 aliphatic heterocycles. The van der Waals surface area contributed by atoms with Crippen LogP contribution in [0.25, 0.3) is 21.1 Å². The average Bonchev–Trinajstić information content (AvgIpc) is 3.16. The lowest BCUT2D eigenvalue weighted by Gasteiger charge is -2.31. The number of hydrogen-bond donors (Lipinski definition) is 0. The molecule has 140 valence electrons. The van der Waals surface area contributed by atoms with Crippen molar-refractivity contribution in [3.05, 3.63) is 70.3 Å². The topological polar surface area (TPSA) is 46.1 Å². The second-order valence-electron chi connectivity index (χ2n) is 7.11. The number of hydrogen-bond acceptors (Lipinski definition) is 4. The Morgan fingerprint density at radius 1 is 1.07 bits per heavy atom. The van der Waals surface area contributed by atoms with Gasteiger partial charge in [0.05, 0.1) is 20.7 Å². The number of pyridine rings is 1. The predicted octanol–water partition coefficient (Wildman–Crippen LogP) is 5.52. The van der Waals surface area contributed by atoms with Crippen molar-refractivity contribution in [3.8, 4) is 0 Å². The van der Waals surface area contributed by atoms with Gasteiger partial charge < -0.3 is 4.90 Å². The van der Waals surface area contributed by atoms with Gasteiger partial charge >= 0.3 is 0 Å². The van der Waals surface area contributed by atoms with Crippen LogP contribution in [0.15, 0.2) is 54.7 Å². The van der Waals surface area contributed by atoms with Crippen LogP contribution >= 0.6 is 22.9 Å². The van der Waals surface area contributed by atoms with Gasteiger partial charge in [-0.15, -0.1) is 11.3 Å². The molecule has 0 bridgehead atoms. The Morgan fingerprint density at radius 3 is 2.79 bits per heavy atom. The molecule has 1 saturated heterocycles. The summed E-state index contributed by atoms with van der Waals surface area (Å²) in [6.07, 6.45) is 3.62. The third kappa shape index (κ3) is 3.15. The van der Waals surface area contributed by atoms with E-state index in [9.17, 15) is 4.79 Å². The van der Waals surface area contributed by atoms with Crippen LogP contribution in [-0.4, -0.2) is 33.9 Å².